The summed E-state index contributed by atoms with van der Waals surface area (Å²) in [5, 5.41) is 0. The monoisotopic (exact) mass is 273 g/mol. The minimum absolute atomic E-state index is 0.451. The molecular weight excluding hydrogens is 254 g/mol. The van der Waals surface area contributed by atoms with Crippen molar-refractivity contribution in [1.82, 2.24) is 4.72 Å². The van der Waals surface area contributed by atoms with Crippen LogP contribution in [0.1, 0.15) is 37.5 Å². The van der Waals surface area contributed by atoms with Gasteiger partial charge in [0.05, 0.1) is 0 Å². The Kier molecular flexibility index (Phi) is 4.22. The molecule has 1 N–H and O–H groups in total. The largest absolute Gasteiger partial charge is 0.250 e. The molecule has 0 aliphatic heterocycles. The van der Waals surface area contributed by atoms with Gasteiger partial charge in [-0.3, -0.25) is 0 Å². The van der Waals surface area contributed by atoms with Crippen LogP contribution in [0.25, 0.3) is 0 Å². The molecule has 0 radical (unpaired) electrons. The Balaban J connectivity index is 1.97. The summed E-state index contributed by atoms with van der Waals surface area (Å²) in [6, 6.07) is 3.61. The quantitative estimate of drug-likeness (QED) is 0.896. The van der Waals surface area contributed by atoms with E-state index in [0.717, 1.165) is 24.1 Å². The van der Waals surface area contributed by atoms with Gasteiger partial charge in [0.1, 0.15) is 4.21 Å². The molecule has 2 rings (SSSR count). The van der Waals surface area contributed by atoms with Crippen molar-refractivity contribution >= 4 is 21.4 Å². The average Bonchev–Trinajstić information content (AvgIpc) is 2.98. The van der Waals surface area contributed by atoms with Crippen molar-refractivity contribution < 1.29 is 8.42 Å². The zero-order valence-electron chi connectivity index (χ0n) is 10.1. The Labute approximate surface area is 107 Å². The average molecular weight is 273 g/mol. The second-order valence-corrected chi connectivity index (χ2v) is 7.74. The fourth-order valence-electron chi connectivity index (χ4n) is 2.21. The van der Waals surface area contributed by atoms with Gasteiger partial charge in [0.15, 0.2) is 0 Å². The van der Waals surface area contributed by atoms with Crippen molar-refractivity contribution in [2.75, 3.05) is 6.54 Å². The number of thiophene rings is 1. The molecule has 1 aromatic heterocycles. The van der Waals surface area contributed by atoms with Crippen LogP contribution in [-0.2, 0) is 16.4 Å². The molecule has 0 saturated heterocycles. The Hall–Kier alpha value is -0.390. The SMILES string of the molecule is CCc1ccc(S(=O)(=O)NCC2CCCC2)s1. The number of rotatable bonds is 5. The summed E-state index contributed by atoms with van der Waals surface area (Å²) in [4.78, 5) is 1.12. The molecule has 1 saturated carbocycles. The zero-order valence-corrected chi connectivity index (χ0v) is 11.7. The third-order valence-corrected chi connectivity index (χ3v) is 6.43. The number of nitrogens with one attached hydrogen (secondary N) is 1. The van der Waals surface area contributed by atoms with Gasteiger partial charge in [-0.1, -0.05) is 19.8 Å². The van der Waals surface area contributed by atoms with Crippen LogP contribution < -0.4 is 4.72 Å². The third-order valence-electron chi connectivity index (χ3n) is 3.29. The van der Waals surface area contributed by atoms with Gasteiger partial charge in [0, 0.05) is 11.4 Å². The van der Waals surface area contributed by atoms with E-state index in [1.165, 1.54) is 24.2 Å². The van der Waals surface area contributed by atoms with Gasteiger partial charge in [-0.2, -0.15) is 0 Å². The molecule has 3 nitrogen and oxygen atoms in total. The molecule has 1 fully saturated rings. The Morgan fingerprint density at radius 1 is 1.35 bits per heavy atom. The molecule has 0 atom stereocenters. The van der Waals surface area contributed by atoms with E-state index in [0.29, 0.717) is 16.7 Å². The minimum atomic E-state index is -3.27. The van der Waals surface area contributed by atoms with E-state index < -0.39 is 10.0 Å². The van der Waals surface area contributed by atoms with E-state index in [2.05, 4.69) is 4.72 Å². The first-order chi connectivity index (χ1) is 8.12. The number of aryl methyl sites for hydroxylation is 1. The van der Waals surface area contributed by atoms with E-state index in [-0.39, 0.29) is 0 Å². The van der Waals surface area contributed by atoms with Crippen molar-refractivity contribution in [3.8, 4) is 0 Å². The third kappa shape index (κ3) is 3.30. The predicted octanol–water partition coefficient (Wildman–Crippen LogP) is 2.78. The highest BCUT2D eigenvalue weighted by Gasteiger charge is 2.20. The maximum atomic E-state index is 12.0. The molecule has 0 spiro atoms. The first kappa shape index (κ1) is 13.1. The molecule has 1 aliphatic carbocycles. The van der Waals surface area contributed by atoms with Gasteiger partial charge in [-0.25, -0.2) is 13.1 Å². The molecule has 5 heteroatoms. The number of hydrogen-bond donors (Lipinski definition) is 1. The van der Waals surface area contributed by atoms with Crippen molar-refractivity contribution in [1.29, 1.82) is 0 Å². The summed E-state index contributed by atoms with van der Waals surface area (Å²) < 4.78 is 27.2. The maximum Gasteiger partial charge on any atom is 0.250 e. The molecule has 0 amide bonds. The van der Waals surface area contributed by atoms with Crippen molar-refractivity contribution in [3.05, 3.63) is 17.0 Å². The lowest BCUT2D eigenvalue weighted by Gasteiger charge is -2.09. The Morgan fingerprint density at radius 3 is 2.65 bits per heavy atom. The summed E-state index contributed by atoms with van der Waals surface area (Å²) in [5.41, 5.74) is 0. The fraction of sp³-hybridized carbons (Fsp3) is 0.667. The normalized spacial score (nSPS) is 17.7. The fourth-order valence-corrected chi connectivity index (χ4v) is 4.66. The first-order valence-electron chi connectivity index (χ1n) is 6.20. The second-order valence-electron chi connectivity index (χ2n) is 4.58. The summed E-state index contributed by atoms with van der Waals surface area (Å²) in [7, 11) is -3.27. The highest BCUT2D eigenvalue weighted by atomic mass is 32.2. The highest BCUT2D eigenvalue weighted by molar-refractivity contribution is 7.91. The topological polar surface area (TPSA) is 46.2 Å². The van der Waals surface area contributed by atoms with Crippen LogP contribution in [0, 0.1) is 5.92 Å². The van der Waals surface area contributed by atoms with E-state index in [1.807, 2.05) is 13.0 Å². The van der Waals surface area contributed by atoms with Crippen LogP contribution in [-0.4, -0.2) is 15.0 Å². The molecule has 0 aromatic carbocycles. The maximum absolute atomic E-state index is 12.0. The first-order valence-corrected chi connectivity index (χ1v) is 8.50. The minimum Gasteiger partial charge on any atom is -0.210 e. The molecule has 17 heavy (non-hydrogen) atoms. The summed E-state index contributed by atoms with van der Waals surface area (Å²) >= 11 is 1.37. The molecule has 1 heterocycles. The van der Waals surface area contributed by atoms with Crippen molar-refractivity contribution in [2.24, 2.45) is 5.92 Å². The number of hydrogen-bond acceptors (Lipinski definition) is 3. The zero-order chi connectivity index (χ0) is 12.3. The van der Waals surface area contributed by atoms with Gasteiger partial charge in [-0.15, -0.1) is 11.3 Å². The summed E-state index contributed by atoms with van der Waals surface area (Å²) in [6.07, 6.45) is 5.69. The van der Waals surface area contributed by atoms with E-state index >= 15 is 0 Å². The molecule has 96 valence electrons. The lowest BCUT2D eigenvalue weighted by atomic mass is 10.1. The number of sulfonamides is 1. The van der Waals surface area contributed by atoms with E-state index in [1.54, 1.807) is 6.07 Å². The smallest absolute Gasteiger partial charge is 0.210 e. The van der Waals surface area contributed by atoms with Crippen LogP contribution >= 0.6 is 11.3 Å². The summed E-state index contributed by atoms with van der Waals surface area (Å²) in [5.74, 6) is 0.537. The van der Waals surface area contributed by atoms with Crippen molar-refractivity contribution in [3.63, 3.8) is 0 Å². The summed E-state index contributed by atoms with van der Waals surface area (Å²) in [6.45, 7) is 2.63. The van der Waals surface area contributed by atoms with Crippen LogP contribution in [0.4, 0.5) is 0 Å². The van der Waals surface area contributed by atoms with E-state index in [9.17, 15) is 8.42 Å². The Morgan fingerprint density at radius 2 is 2.06 bits per heavy atom. The second kappa shape index (κ2) is 5.50. The van der Waals surface area contributed by atoms with Gasteiger partial charge < -0.3 is 0 Å². The Bertz CT molecular complexity index is 459. The van der Waals surface area contributed by atoms with Crippen LogP contribution in [0.3, 0.4) is 0 Å². The van der Waals surface area contributed by atoms with Crippen LogP contribution in [0.15, 0.2) is 16.3 Å². The molecule has 1 aliphatic rings. The predicted molar refractivity (Wildman–Crippen MR) is 70.8 cm³/mol. The van der Waals surface area contributed by atoms with E-state index in [4.69, 9.17) is 0 Å². The highest BCUT2D eigenvalue weighted by Crippen LogP contribution is 2.25. The van der Waals surface area contributed by atoms with Gasteiger partial charge in [0.25, 0.3) is 0 Å². The standard InChI is InChI=1S/C12H19NO2S2/c1-2-11-7-8-12(16-11)17(14,15)13-9-10-5-3-4-6-10/h7-8,10,13H,2-6,9H2,1H3. The lowest BCUT2D eigenvalue weighted by molar-refractivity contribution is 0.520. The van der Waals surface area contributed by atoms with Crippen LogP contribution in [0.2, 0.25) is 0 Å². The van der Waals surface area contributed by atoms with Crippen LogP contribution in [0.5, 0.6) is 0 Å². The lowest BCUT2D eigenvalue weighted by Crippen LogP contribution is -2.27. The van der Waals surface area contributed by atoms with Gasteiger partial charge in [-0.05, 0) is 37.3 Å². The molecule has 0 unspecified atom stereocenters. The molecule has 1 aromatic rings. The molecule has 0 bridgehead atoms. The van der Waals surface area contributed by atoms with Gasteiger partial charge in [0.2, 0.25) is 10.0 Å². The van der Waals surface area contributed by atoms with Crippen molar-refractivity contribution in [2.45, 2.75) is 43.2 Å². The van der Waals surface area contributed by atoms with Gasteiger partial charge >= 0.3 is 0 Å². The molecular formula is C12H19NO2S2.